The number of para-hydroxylation sites is 1. The molecule has 0 aliphatic carbocycles. The molecule has 170 valence electrons. The predicted molar refractivity (Wildman–Crippen MR) is 136 cm³/mol. The zero-order valence-corrected chi connectivity index (χ0v) is 19.8. The number of carbonyl (C=O) groups is 1. The molecule has 2 aromatic heterocycles. The van der Waals surface area contributed by atoms with Crippen LogP contribution in [0.4, 0.5) is 0 Å². The molecule has 0 radical (unpaired) electrons. The first-order valence-corrected chi connectivity index (χ1v) is 12.3. The number of hydrogen-bond donors (Lipinski definition) is 0. The Bertz CT molecular complexity index is 1380. The summed E-state index contributed by atoms with van der Waals surface area (Å²) in [5.74, 6) is 0.289. The molecule has 34 heavy (non-hydrogen) atoms. The van der Waals surface area contributed by atoms with Gasteiger partial charge in [0.05, 0.1) is 11.3 Å². The van der Waals surface area contributed by atoms with Crippen LogP contribution in [-0.2, 0) is 24.4 Å². The molecule has 1 amide bonds. The lowest BCUT2D eigenvalue weighted by Gasteiger charge is -2.23. The number of benzene rings is 3. The van der Waals surface area contributed by atoms with Gasteiger partial charge >= 0.3 is 0 Å². The van der Waals surface area contributed by atoms with Gasteiger partial charge in [-0.15, -0.1) is 10.2 Å². The van der Waals surface area contributed by atoms with E-state index in [1.54, 1.807) is 0 Å². The first kappa shape index (κ1) is 22.1. The molecule has 0 atom stereocenters. The van der Waals surface area contributed by atoms with Crippen LogP contribution in [0.15, 0.2) is 90.1 Å². The second-order valence-electron chi connectivity index (χ2n) is 8.04. The predicted octanol–water partition coefficient (Wildman–Crippen LogP) is 5.32. The number of hydrogen-bond acceptors (Lipinski definition) is 5. The highest BCUT2D eigenvalue weighted by atomic mass is 32.2. The molecule has 7 heteroatoms. The number of aryl methyl sites for hydroxylation is 1. The van der Waals surface area contributed by atoms with Crippen molar-refractivity contribution in [3.05, 3.63) is 96.1 Å². The molecule has 0 saturated carbocycles. The highest BCUT2D eigenvalue weighted by Crippen LogP contribution is 2.27. The van der Waals surface area contributed by atoms with Crippen LogP contribution in [-0.4, -0.2) is 36.3 Å². The molecular formula is C27H25N5OS. The Balaban J connectivity index is 1.36. The maximum atomic E-state index is 13.3. The van der Waals surface area contributed by atoms with Crippen LogP contribution in [0.5, 0.6) is 0 Å². The Kier molecular flexibility index (Phi) is 6.53. The van der Waals surface area contributed by atoms with E-state index in [9.17, 15) is 4.79 Å². The SMILES string of the molecule is CCn1c2ccccc2c2nnc(SCC(=O)N(Cc3ccccc3)Cc3ccccc3)nc21. The quantitative estimate of drug-likeness (QED) is 0.289. The summed E-state index contributed by atoms with van der Waals surface area (Å²) in [6.45, 7) is 3.98. The molecule has 0 spiro atoms. The largest absolute Gasteiger partial charge is 0.333 e. The number of rotatable bonds is 8. The van der Waals surface area contributed by atoms with E-state index >= 15 is 0 Å². The summed E-state index contributed by atoms with van der Waals surface area (Å²) >= 11 is 1.33. The minimum absolute atomic E-state index is 0.0393. The van der Waals surface area contributed by atoms with Gasteiger partial charge in [0.25, 0.3) is 0 Å². The van der Waals surface area contributed by atoms with Crippen molar-refractivity contribution in [1.29, 1.82) is 0 Å². The van der Waals surface area contributed by atoms with Gasteiger partial charge in [-0.25, -0.2) is 4.98 Å². The van der Waals surface area contributed by atoms with E-state index in [0.29, 0.717) is 18.2 Å². The van der Waals surface area contributed by atoms with E-state index < -0.39 is 0 Å². The van der Waals surface area contributed by atoms with Gasteiger partial charge in [0.15, 0.2) is 5.65 Å². The van der Waals surface area contributed by atoms with E-state index in [4.69, 9.17) is 4.98 Å². The number of thioether (sulfide) groups is 1. The first-order valence-electron chi connectivity index (χ1n) is 11.3. The van der Waals surface area contributed by atoms with Gasteiger partial charge in [0.1, 0.15) is 5.52 Å². The molecule has 0 saturated heterocycles. The molecule has 0 aliphatic rings. The molecular weight excluding hydrogens is 442 g/mol. The topological polar surface area (TPSA) is 63.9 Å². The zero-order chi connectivity index (χ0) is 23.3. The lowest BCUT2D eigenvalue weighted by atomic mass is 10.1. The smallest absolute Gasteiger partial charge is 0.233 e. The second-order valence-corrected chi connectivity index (χ2v) is 8.98. The van der Waals surface area contributed by atoms with Crippen LogP contribution in [0, 0.1) is 0 Å². The average Bonchev–Trinajstić information content (AvgIpc) is 3.21. The fourth-order valence-electron chi connectivity index (χ4n) is 4.13. The molecule has 0 aliphatic heterocycles. The van der Waals surface area contributed by atoms with Crippen LogP contribution >= 0.6 is 11.8 Å². The summed E-state index contributed by atoms with van der Waals surface area (Å²) in [4.78, 5) is 19.9. The summed E-state index contributed by atoms with van der Waals surface area (Å²) < 4.78 is 2.14. The minimum Gasteiger partial charge on any atom is -0.333 e. The molecule has 6 nitrogen and oxygen atoms in total. The Morgan fingerprint density at radius 1 is 0.853 bits per heavy atom. The normalized spacial score (nSPS) is 11.2. The van der Waals surface area contributed by atoms with Crippen molar-refractivity contribution in [2.24, 2.45) is 0 Å². The second kappa shape index (κ2) is 10.1. The van der Waals surface area contributed by atoms with Gasteiger partial charge < -0.3 is 9.47 Å². The van der Waals surface area contributed by atoms with Crippen molar-refractivity contribution < 1.29 is 4.79 Å². The van der Waals surface area contributed by atoms with Gasteiger partial charge in [-0.3, -0.25) is 4.79 Å². The monoisotopic (exact) mass is 467 g/mol. The van der Waals surface area contributed by atoms with Gasteiger partial charge in [-0.1, -0.05) is 90.6 Å². The third-order valence-corrected chi connectivity index (χ3v) is 6.60. The average molecular weight is 468 g/mol. The van der Waals surface area contributed by atoms with Gasteiger partial charge in [-0.05, 0) is 24.1 Å². The van der Waals surface area contributed by atoms with Crippen LogP contribution in [0.25, 0.3) is 22.1 Å². The molecule has 0 unspecified atom stereocenters. The van der Waals surface area contributed by atoms with Gasteiger partial charge in [0.2, 0.25) is 11.1 Å². The molecule has 0 fully saturated rings. The molecule has 0 N–H and O–H groups in total. The fraction of sp³-hybridized carbons (Fsp3) is 0.185. The number of fused-ring (bicyclic) bond motifs is 3. The van der Waals surface area contributed by atoms with E-state index in [-0.39, 0.29) is 11.7 Å². The van der Waals surface area contributed by atoms with E-state index in [2.05, 4.69) is 27.8 Å². The van der Waals surface area contributed by atoms with E-state index in [0.717, 1.165) is 39.7 Å². The maximum absolute atomic E-state index is 13.3. The van der Waals surface area contributed by atoms with Gasteiger partial charge in [0, 0.05) is 25.0 Å². The molecule has 3 aromatic carbocycles. The maximum Gasteiger partial charge on any atom is 0.233 e. The van der Waals surface area contributed by atoms with Crippen LogP contribution in [0.1, 0.15) is 18.1 Å². The zero-order valence-electron chi connectivity index (χ0n) is 19.0. The Morgan fingerprint density at radius 3 is 2.12 bits per heavy atom. The van der Waals surface area contributed by atoms with Crippen molar-refractivity contribution in [3.63, 3.8) is 0 Å². The molecule has 2 heterocycles. The minimum atomic E-state index is 0.0393. The number of carbonyl (C=O) groups excluding carboxylic acids is 1. The number of nitrogens with zero attached hydrogens (tertiary/aromatic N) is 5. The van der Waals surface area contributed by atoms with E-state index in [1.807, 2.05) is 83.8 Å². The van der Waals surface area contributed by atoms with Crippen molar-refractivity contribution in [3.8, 4) is 0 Å². The lowest BCUT2D eigenvalue weighted by molar-refractivity contribution is -0.129. The third-order valence-electron chi connectivity index (χ3n) is 5.78. The summed E-state index contributed by atoms with van der Waals surface area (Å²) in [5.41, 5.74) is 4.89. The molecule has 5 rings (SSSR count). The summed E-state index contributed by atoms with van der Waals surface area (Å²) in [6, 6.07) is 28.3. The number of aromatic nitrogens is 4. The Hall–Kier alpha value is -3.71. The third kappa shape index (κ3) is 4.65. The van der Waals surface area contributed by atoms with Crippen molar-refractivity contribution in [1.82, 2.24) is 24.6 Å². The van der Waals surface area contributed by atoms with Crippen LogP contribution in [0.2, 0.25) is 0 Å². The summed E-state index contributed by atoms with van der Waals surface area (Å²) in [5, 5.41) is 10.3. The molecule has 0 bridgehead atoms. The summed E-state index contributed by atoms with van der Waals surface area (Å²) in [7, 11) is 0. The highest BCUT2D eigenvalue weighted by molar-refractivity contribution is 7.99. The van der Waals surface area contributed by atoms with Crippen molar-refractivity contribution >= 4 is 39.7 Å². The Labute approximate surface area is 202 Å². The summed E-state index contributed by atoms with van der Waals surface area (Å²) in [6.07, 6.45) is 0. The van der Waals surface area contributed by atoms with Crippen LogP contribution < -0.4 is 0 Å². The first-order chi connectivity index (χ1) is 16.7. The molecule has 5 aromatic rings. The number of amides is 1. The van der Waals surface area contributed by atoms with Crippen LogP contribution in [0.3, 0.4) is 0 Å². The standard InChI is InChI=1S/C27H25N5OS/c1-2-32-23-16-10-9-15-22(23)25-26(32)28-27(30-29-25)34-19-24(33)31(17-20-11-5-3-6-12-20)18-21-13-7-4-8-14-21/h3-16H,2,17-19H2,1H3. The van der Waals surface area contributed by atoms with E-state index in [1.165, 1.54) is 11.8 Å². The van der Waals surface area contributed by atoms with Gasteiger partial charge in [-0.2, -0.15) is 0 Å². The van der Waals surface area contributed by atoms with Crippen molar-refractivity contribution in [2.75, 3.05) is 5.75 Å². The highest BCUT2D eigenvalue weighted by Gasteiger charge is 2.18. The lowest BCUT2D eigenvalue weighted by Crippen LogP contribution is -2.31. The van der Waals surface area contributed by atoms with Crippen molar-refractivity contribution in [2.45, 2.75) is 31.7 Å². The fourth-order valence-corrected chi connectivity index (χ4v) is 4.81. The Morgan fingerprint density at radius 2 is 1.47 bits per heavy atom.